The van der Waals surface area contributed by atoms with E-state index in [1.807, 2.05) is 0 Å². The number of aromatic carboxylic acids is 1. The Labute approximate surface area is 219 Å². The summed E-state index contributed by atoms with van der Waals surface area (Å²) in [5, 5.41) is 9.25. The number of halogens is 1. The molecule has 0 saturated carbocycles. The zero-order chi connectivity index (χ0) is 27.0. The van der Waals surface area contributed by atoms with Gasteiger partial charge in [0.25, 0.3) is 5.56 Å². The molecule has 10 heteroatoms. The number of esters is 1. The van der Waals surface area contributed by atoms with Crippen LogP contribution in [-0.4, -0.2) is 28.2 Å². The fraction of sp³-hybridized carbons (Fsp3) is 0.143. The summed E-state index contributed by atoms with van der Waals surface area (Å²) in [6, 6.07) is 14.4. The van der Waals surface area contributed by atoms with Crippen LogP contribution >= 0.6 is 11.3 Å². The van der Waals surface area contributed by atoms with Gasteiger partial charge >= 0.3 is 11.9 Å². The number of ether oxygens (including phenoxy) is 1. The number of hydrogen-bond donors (Lipinski definition) is 1. The molecule has 0 bridgehead atoms. The third-order valence-corrected chi connectivity index (χ3v) is 6.98. The molecule has 5 rings (SSSR count). The first-order valence-electron chi connectivity index (χ1n) is 11.7. The lowest BCUT2D eigenvalue weighted by atomic mass is 9.96. The van der Waals surface area contributed by atoms with Crippen LogP contribution in [0.4, 0.5) is 4.39 Å². The van der Waals surface area contributed by atoms with Gasteiger partial charge < -0.3 is 14.3 Å². The number of nitrogens with zero attached hydrogens (tertiary/aromatic N) is 2. The summed E-state index contributed by atoms with van der Waals surface area (Å²) in [4.78, 5) is 42.7. The summed E-state index contributed by atoms with van der Waals surface area (Å²) in [6.45, 7) is 3.50. The summed E-state index contributed by atoms with van der Waals surface area (Å²) in [6.07, 6.45) is 1.57. The maximum absolute atomic E-state index is 13.7. The van der Waals surface area contributed by atoms with E-state index >= 15 is 0 Å². The smallest absolute Gasteiger partial charge is 0.338 e. The van der Waals surface area contributed by atoms with Crippen LogP contribution in [-0.2, 0) is 9.53 Å². The van der Waals surface area contributed by atoms with Crippen molar-refractivity contribution in [3.63, 3.8) is 0 Å². The molecular weight excluding hydrogens is 511 g/mol. The highest BCUT2D eigenvalue weighted by molar-refractivity contribution is 7.07. The van der Waals surface area contributed by atoms with Gasteiger partial charge in [0.05, 0.1) is 34.0 Å². The molecule has 3 heterocycles. The molecule has 192 valence electrons. The molecule has 0 saturated heterocycles. The molecule has 1 atom stereocenters. The number of carboxylic acid groups (broad SMARTS) is 1. The van der Waals surface area contributed by atoms with Crippen molar-refractivity contribution in [3.8, 4) is 11.3 Å². The molecule has 2 aromatic carbocycles. The second-order valence-corrected chi connectivity index (χ2v) is 9.45. The summed E-state index contributed by atoms with van der Waals surface area (Å²) >= 11 is 1.13. The van der Waals surface area contributed by atoms with Gasteiger partial charge in [-0.05, 0) is 55.8 Å². The fourth-order valence-electron chi connectivity index (χ4n) is 4.27. The van der Waals surface area contributed by atoms with Crippen LogP contribution in [0.5, 0.6) is 0 Å². The second-order valence-electron chi connectivity index (χ2n) is 8.44. The Hall–Kier alpha value is -4.57. The van der Waals surface area contributed by atoms with E-state index in [4.69, 9.17) is 9.15 Å². The normalized spacial score (nSPS) is 15.2. The van der Waals surface area contributed by atoms with E-state index in [2.05, 4.69) is 4.99 Å². The summed E-state index contributed by atoms with van der Waals surface area (Å²) < 4.78 is 26.5. The molecule has 0 unspecified atom stereocenters. The average Bonchev–Trinajstić information content (AvgIpc) is 3.48. The molecule has 1 aliphatic heterocycles. The van der Waals surface area contributed by atoms with Crippen molar-refractivity contribution in [1.82, 2.24) is 4.57 Å². The Kier molecular flexibility index (Phi) is 6.64. The number of aromatic nitrogens is 1. The molecule has 0 aliphatic carbocycles. The number of furan rings is 1. The lowest BCUT2D eigenvalue weighted by Gasteiger charge is -2.24. The summed E-state index contributed by atoms with van der Waals surface area (Å²) in [5.41, 5.74) is 1.46. The Morgan fingerprint density at radius 1 is 1.18 bits per heavy atom. The van der Waals surface area contributed by atoms with Gasteiger partial charge in [0.2, 0.25) is 0 Å². The topological polar surface area (TPSA) is 111 Å². The highest BCUT2D eigenvalue weighted by Gasteiger charge is 2.33. The maximum atomic E-state index is 13.7. The van der Waals surface area contributed by atoms with Gasteiger partial charge in [-0.3, -0.25) is 9.36 Å². The Morgan fingerprint density at radius 3 is 2.66 bits per heavy atom. The molecule has 0 fully saturated rings. The zero-order valence-corrected chi connectivity index (χ0v) is 21.1. The second kappa shape index (κ2) is 10.1. The molecule has 38 heavy (non-hydrogen) atoms. The number of carbonyl (C=O) groups excluding carboxylic acids is 1. The van der Waals surface area contributed by atoms with Crippen molar-refractivity contribution in [3.05, 3.63) is 114 Å². The largest absolute Gasteiger partial charge is 0.478 e. The quantitative estimate of drug-likeness (QED) is 0.377. The van der Waals surface area contributed by atoms with E-state index in [0.29, 0.717) is 37.7 Å². The predicted molar refractivity (Wildman–Crippen MR) is 138 cm³/mol. The number of benzene rings is 2. The van der Waals surface area contributed by atoms with E-state index in [1.54, 1.807) is 44.2 Å². The summed E-state index contributed by atoms with van der Waals surface area (Å²) in [5.74, 6) is -1.27. The van der Waals surface area contributed by atoms with Crippen LogP contribution in [0, 0.1) is 5.82 Å². The van der Waals surface area contributed by atoms with E-state index in [0.717, 1.165) is 11.3 Å². The van der Waals surface area contributed by atoms with E-state index in [9.17, 15) is 23.9 Å². The fourth-order valence-corrected chi connectivity index (χ4v) is 5.30. The van der Waals surface area contributed by atoms with Crippen molar-refractivity contribution in [2.75, 3.05) is 6.61 Å². The van der Waals surface area contributed by atoms with Crippen LogP contribution in [0.2, 0.25) is 0 Å². The molecule has 0 spiro atoms. The molecule has 1 N–H and O–H groups in total. The number of carbonyl (C=O) groups is 2. The number of carboxylic acids is 1. The van der Waals surface area contributed by atoms with Gasteiger partial charge in [0.1, 0.15) is 17.3 Å². The standard InChI is InChI=1S/C28H21FN2O6S/c1-3-36-27(35)23-15(2)30-28-31(24(23)16-7-9-19(29)10-8-16)25(32)22(38-28)14-20-11-12-21(37-20)17-5-4-6-18(13-17)26(33)34/h4-14,24H,3H2,1-2H3,(H,33,34)/b22-14-/t24-/m1/s1. The minimum absolute atomic E-state index is 0.127. The molecule has 8 nitrogen and oxygen atoms in total. The van der Waals surface area contributed by atoms with E-state index in [1.165, 1.54) is 41.0 Å². The first kappa shape index (κ1) is 25.1. The minimum atomic E-state index is -1.05. The first-order chi connectivity index (χ1) is 18.3. The van der Waals surface area contributed by atoms with Crippen LogP contribution in [0.1, 0.15) is 41.6 Å². The van der Waals surface area contributed by atoms with Crippen molar-refractivity contribution < 1.29 is 28.2 Å². The van der Waals surface area contributed by atoms with Crippen molar-refractivity contribution >= 4 is 29.4 Å². The van der Waals surface area contributed by atoms with Crippen LogP contribution in [0.3, 0.4) is 0 Å². The Balaban J connectivity index is 1.61. The van der Waals surface area contributed by atoms with Crippen molar-refractivity contribution in [1.29, 1.82) is 0 Å². The Bertz CT molecular complexity index is 1780. The monoisotopic (exact) mass is 532 g/mol. The zero-order valence-electron chi connectivity index (χ0n) is 20.3. The Morgan fingerprint density at radius 2 is 1.95 bits per heavy atom. The van der Waals surface area contributed by atoms with Gasteiger partial charge in [-0.2, -0.15) is 0 Å². The summed E-state index contributed by atoms with van der Waals surface area (Å²) in [7, 11) is 0. The third kappa shape index (κ3) is 4.61. The predicted octanol–water partition coefficient (Wildman–Crippen LogP) is 3.90. The van der Waals surface area contributed by atoms with Crippen LogP contribution in [0.15, 0.2) is 86.1 Å². The number of allylic oxidation sites excluding steroid dienone is 1. The number of fused-ring (bicyclic) bond motifs is 1. The van der Waals surface area contributed by atoms with Gasteiger partial charge in [-0.25, -0.2) is 19.0 Å². The lowest BCUT2D eigenvalue weighted by Crippen LogP contribution is -2.39. The third-order valence-electron chi connectivity index (χ3n) is 6.00. The first-order valence-corrected chi connectivity index (χ1v) is 12.5. The number of thiazole rings is 1. The highest BCUT2D eigenvalue weighted by Crippen LogP contribution is 2.31. The van der Waals surface area contributed by atoms with Gasteiger partial charge in [0, 0.05) is 11.6 Å². The van der Waals surface area contributed by atoms with Gasteiger partial charge in [-0.15, -0.1) is 0 Å². The molecule has 0 amide bonds. The number of hydrogen-bond acceptors (Lipinski definition) is 7. The molecule has 2 aromatic heterocycles. The van der Waals surface area contributed by atoms with Gasteiger partial charge in [0.15, 0.2) is 4.80 Å². The van der Waals surface area contributed by atoms with E-state index in [-0.39, 0.29) is 17.7 Å². The van der Waals surface area contributed by atoms with Crippen LogP contribution < -0.4 is 14.9 Å². The SMILES string of the molecule is CCOC(=O)C1=C(C)N=c2s/c(=C\c3ccc(-c4cccc(C(=O)O)c4)o3)c(=O)n2[C@@H]1c1ccc(F)cc1. The van der Waals surface area contributed by atoms with Crippen LogP contribution in [0.25, 0.3) is 17.4 Å². The van der Waals surface area contributed by atoms with Crippen molar-refractivity contribution in [2.24, 2.45) is 4.99 Å². The molecule has 4 aromatic rings. The molecule has 0 radical (unpaired) electrons. The molecular formula is C28H21FN2O6S. The highest BCUT2D eigenvalue weighted by atomic mass is 32.1. The minimum Gasteiger partial charge on any atom is -0.478 e. The maximum Gasteiger partial charge on any atom is 0.338 e. The van der Waals surface area contributed by atoms with E-state index < -0.39 is 29.4 Å². The van der Waals surface area contributed by atoms with Crippen molar-refractivity contribution in [2.45, 2.75) is 19.9 Å². The number of rotatable bonds is 6. The average molecular weight is 533 g/mol. The molecule has 1 aliphatic rings. The van der Waals surface area contributed by atoms with Gasteiger partial charge in [-0.1, -0.05) is 35.6 Å². The lowest BCUT2D eigenvalue weighted by molar-refractivity contribution is -0.139.